The number of anilines is 1. The normalized spacial score (nSPS) is 10.8. The van der Waals surface area contributed by atoms with Gasteiger partial charge in [0.1, 0.15) is 0 Å². The van der Waals surface area contributed by atoms with E-state index in [9.17, 15) is 0 Å². The van der Waals surface area contributed by atoms with Crippen LogP contribution in [-0.2, 0) is 0 Å². The summed E-state index contributed by atoms with van der Waals surface area (Å²) < 4.78 is 0. The first kappa shape index (κ1) is 14.0. The molecule has 0 saturated carbocycles. The van der Waals surface area contributed by atoms with Gasteiger partial charge < -0.3 is 10.6 Å². The third-order valence-electron chi connectivity index (χ3n) is 2.79. The molecule has 0 atom stereocenters. The van der Waals surface area contributed by atoms with Crippen LogP contribution < -0.4 is 10.6 Å². The van der Waals surface area contributed by atoms with E-state index in [1.165, 1.54) is 24.9 Å². The van der Waals surface area contributed by atoms with Gasteiger partial charge in [0.15, 0.2) is 0 Å². The summed E-state index contributed by atoms with van der Waals surface area (Å²) in [4.78, 5) is 0. The monoisotopic (exact) mass is 234 g/mol. The molecular weight excluding hydrogens is 208 g/mol. The molecule has 0 heterocycles. The van der Waals surface area contributed by atoms with Gasteiger partial charge in [-0.05, 0) is 31.0 Å². The van der Waals surface area contributed by atoms with Crippen molar-refractivity contribution in [2.24, 2.45) is 5.92 Å². The highest BCUT2D eigenvalue weighted by atomic mass is 14.9. The third kappa shape index (κ3) is 7.81. The Balaban J connectivity index is 1.88. The first-order chi connectivity index (χ1) is 8.29. The molecule has 0 aliphatic rings. The van der Waals surface area contributed by atoms with Crippen molar-refractivity contribution >= 4 is 5.69 Å². The van der Waals surface area contributed by atoms with Crippen LogP contribution in [0.1, 0.15) is 33.1 Å². The minimum atomic E-state index is 0.842. The maximum atomic E-state index is 3.47. The second-order valence-corrected chi connectivity index (χ2v) is 4.93. The fourth-order valence-corrected chi connectivity index (χ4v) is 1.78. The first-order valence-corrected chi connectivity index (χ1v) is 6.78. The van der Waals surface area contributed by atoms with Gasteiger partial charge in [-0.25, -0.2) is 0 Å². The van der Waals surface area contributed by atoms with Gasteiger partial charge in [0.2, 0.25) is 0 Å². The molecule has 2 heteroatoms. The van der Waals surface area contributed by atoms with E-state index in [-0.39, 0.29) is 0 Å². The topological polar surface area (TPSA) is 24.1 Å². The Morgan fingerprint density at radius 3 is 2.41 bits per heavy atom. The van der Waals surface area contributed by atoms with E-state index in [4.69, 9.17) is 0 Å². The van der Waals surface area contributed by atoms with Crippen LogP contribution in [0.2, 0.25) is 0 Å². The van der Waals surface area contributed by atoms with Crippen molar-refractivity contribution < 1.29 is 0 Å². The highest BCUT2D eigenvalue weighted by Crippen LogP contribution is 2.05. The number of benzene rings is 1. The molecule has 0 spiro atoms. The van der Waals surface area contributed by atoms with Crippen molar-refractivity contribution in [2.75, 3.05) is 25.0 Å². The number of hydrogen-bond acceptors (Lipinski definition) is 2. The number of nitrogens with one attached hydrogen (secondary N) is 2. The molecule has 17 heavy (non-hydrogen) atoms. The average molecular weight is 234 g/mol. The van der Waals surface area contributed by atoms with Crippen LogP contribution in [0, 0.1) is 5.92 Å². The second kappa shape index (κ2) is 9.06. The maximum absolute atomic E-state index is 3.47. The van der Waals surface area contributed by atoms with E-state index in [1.807, 2.05) is 6.07 Å². The van der Waals surface area contributed by atoms with Crippen molar-refractivity contribution in [3.8, 4) is 0 Å². The predicted octanol–water partition coefficient (Wildman–Crippen LogP) is 3.51. The number of rotatable bonds is 9. The Kier molecular flexibility index (Phi) is 7.48. The summed E-state index contributed by atoms with van der Waals surface area (Å²) >= 11 is 0. The molecule has 96 valence electrons. The number of hydrogen-bond donors (Lipinski definition) is 2. The Labute approximate surface area is 106 Å². The van der Waals surface area contributed by atoms with Gasteiger partial charge in [0.05, 0.1) is 0 Å². The predicted molar refractivity (Wildman–Crippen MR) is 76.5 cm³/mol. The molecule has 0 aliphatic carbocycles. The average Bonchev–Trinajstić information content (AvgIpc) is 2.33. The van der Waals surface area contributed by atoms with E-state index in [2.05, 4.69) is 48.7 Å². The van der Waals surface area contributed by atoms with Crippen LogP contribution in [0.3, 0.4) is 0 Å². The molecule has 2 nitrogen and oxygen atoms in total. The van der Waals surface area contributed by atoms with Crippen LogP contribution in [0.5, 0.6) is 0 Å². The van der Waals surface area contributed by atoms with Gasteiger partial charge in [0.25, 0.3) is 0 Å². The lowest BCUT2D eigenvalue weighted by Gasteiger charge is -2.08. The molecule has 0 radical (unpaired) electrons. The van der Waals surface area contributed by atoms with Gasteiger partial charge in [-0.2, -0.15) is 0 Å². The summed E-state index contributed by atoms with van der Waals surface area (Å²) in [6, 6.07) is 10.4. The molecule has 1 aromatic carbocycles. The summed E-state index contributed by atoms with van der Waals surface area (Å²) in [6.45, 7) is 7.75. The maximum Gasteiger partial charge on any atom is 0.0340 e. The van der Waals surface area contributed by atoms with Gasteiger partial charge >= 0.3 is 0 Å². The van der Waals surface area contributed by atoms with Crippen LogP contribution in [0.15, 0.2) is 30.3 Å². The van der Waals surface area contributed by atoms with Crippen LogP contribution in [-0.4, -0.2) is 19.6 Å². The molecular formula is C15H26N2. The molecule has 1 rings (SSSR count). The number of unbranched alkanes of at least 4 members (excludes halogenated alkanes) is 1. The molecule has 0 aliphatic heterocycles. The third-order valence-corrected chi connectivity index (χ3v) is 2.79. The zero-order valence-electron chi connectivity index (χ0n) is 11.2. The van der Waals surface area contributed by atoms with E-state index < -0.39 is 0 Å². The lowest BCUT2D eigenvalue weighted by Crippen LogP contribution is -2.23. The summed E-state index contributed by atoms with van der Waals surface area (Å²) in [5.41, 5.74) is 1.20. The standard InChI is InChI=1S/C15H26N2/c1-14(2)8-6-7-11-16-12-13-17-15-9-4-3-5-10-15/h3-5,9-10,14,16-17H,6-8,11-13H2,1-2H3. The Morgan fingerprint density at radius 2 is 1.71 bits per heavy atom. The smallest absolute Gasteiger partial charge is 0.0340 e. The van der Waals surface area contributed by atoms with Crippen molar-refractivity contribution in [1.82, 2.24) is 5.32 Å². The van der Waals surface area contributed by atoms with Gasteiger partial charge in [-0.1, -0.05) is 44.9 Å². The van der Waals surface area contributed by atoms with Crippen LogP contribution >= 0.6 is 0 Å². The van der Waals surface area contributed by atoms with E-state index >= 15 is 0 Å². The molecule has 0 aromatic heterocycles. The van der Waals surface area contributed by atoms with E-state index in [0.717, 1.165) is 25.6 Å². The fourth-order valence-electron chi connectivity index (χ4n) is 1.78. The van der Waals surface area contributed by atoms with Crippen LogP contribution in [0.4, 0.5) is 5.69 Å². The zero-order valence-corrected chi connectivity index (χ0v) is 11.2. The van der Waals surface area contributed by atoms with E-state index in [0.29, 0.717) is 0 Å². The Bertz CT molecular complexity index is 270. The minimum Gasteiger partial charge on any atom is -0.384 e. The molecule has 0 bridgehead atoms. The second-order valence-electron chi connectivity index (χ2n) is 4.93. The summed E-state index contributed by atoms with van der Waals surface area (Å²) in [7, 11) is 0. The van der Waals surface area contributed by atoms with Gasteiger partial charge in [0, 0.05) is 18.8 Å². The van der Waals surface area contributed by atoms with Gasteiger partial charge in [-0.15, -0.1) is 0 Å². The molecule has 2 N–H and O–H groups in total. The summed E-state index contributed by atoms with van der Waals surface area (Å²) in [5.74, 6) is 0.842. The molecule has 0 saturated heterocycles. The minimum absolute atomic E-state index is 0.842. The molecule has 0 amide bonds. The van der Waals surface area contributed by atoms with Crippen molar-refractivity contribution in [3.63, 3.8) is 0 Å². The highest BCUT2D eigenvalue weighted by Gasteiger charge is 1.94. The SMILES string of the molecule is CC(C)CCCCNCCNc1ccccc1. The Morgan fingerprint density at radius 1 is 0.941 bits per heavy atom. The van der Waals surface area contributed by atoms with E-state index in [1.54, 1.807) is 0 Å². The first-order valence-electron chi connectivity index (χ1n) is 6.78. The molecule has 0 fully saturated rings. The van der Waals surface area contributed by atoms with Crippen LogP contribution in [0.25, 0.3) is 0 Å². The Hall–Kier alpha value is -1.02. The lowest BCUT2D eigenvalue weighted by atomic mass is 10.1. The molecule has 1 aromatic rings. The fraction of sp³-hybridized carbons (Fsp3) is 0.600. The molecule has 0 unspecified atom stereocenters. The van der Waals surface area contributed by atoms with Crippen molar-refractivity contribution in [2.45, 2.75) is 33.1 Å². The quantitative estimate of drug-likeness (QED) is 0.639. The lowest BCUT2D eigenvalue weighted by molar-refractivity contribution is 0.523. The van der Waals surface area contributed by atoms with Crippen molar-refractivity contribution in [3.05, 3.63) is 30.3 Å². The summed E-state index contributed by atoms with van der Waals surface area (Å²) in [6.07, 6.45) is 3.99. The van der Waals surface area contributed by atoms with Gasteiger partial charge in [-0.3, -0.25) is 0 Å². The largest absolute Gasteiger partial charge is 0.384 e. The highest BCUT2D eigenvalue weighted by molar-refractivity contribution is 5.42. The number of para-hydroxylation sites is 1. The zero-order chi connectivity index (χ0) is 12.3. The summed E-state index contributed by atoms with van der Waals surface area (Å²) in [5, 5.41) is 6.86. The van der Waals surface area contributed by atoms with Crippen molar-refractivity contribution in [1.29, 1.82) is 0 Å².